The molecule has 0 atom stereocenters. The third-order valence-corrected chi connectivity index (χ3v) is 3.34. The van der Waals surface area contributed by atoms with E-state index in [9.17, 15) is 0 Å². The summed E-state index contributed by atoms with van der Waals surface area (Å²) in [5, 5.41) is 13.7. The van der Waals surface area contributed by atoms with Crippen molar-refractivity contribution < 1.29 is 0 Å². The molecule has 4 nitrogen and oxygen atoms in total. The van der Waals surface area contributed by atoms with Crippen molar-refractivity contribution in [2.24, 2.45) is 0 Å². The number of fused-ring (bicyclic) bond motifs is 1. The van der Waals surface area contributed by atoms with Crippen LogP contribution in [0.5, 0.6) is 0 Å². The quantitative estimate of drug-likeness (QED) is 0.705. The molecule has 0 aliphatic heterocycles. The van der Waals surface area contributed by atoms with Crippen LogP contribution in [0.25, 0.3) is 10.9 Å². The number of halogens is 2. The third-order valence-electron chi connectivity index (χ3n) is 2.93. The lowest BCUT2D eigenvalue weighted by Crippen LogP contribution is -1.99. The highest BCUT2D eigenvalue weighted by molar-refractivity contribution is 6.31. The molecule has 3 rings (SSSR count). The van der Waals surface area contributed by atoms with E-state index >= 15 is 0 Å². The van der Waals surface area contributed by atoms with E-state index in [-0.39, 0.29) is 5.28 Å². The Balaban J connectivity index is 2.15. The van der Waals surface area contributed by atoms with Crippen LogP contribution in [-0.4, -0.2) is 9.97 Å². The van der Waals surface area contributed by atoms with Crippen LogP contribution in [0, 0.1) is 11.3 Å². The summed E-state index contributed by atoms with van der Waals surface area (Å²) in [6.45, 7) is 0. The van der Waals surface area contributed by atoms with E-state index < -0.39 is 0 Å². The summed E-state index contributed by atoms with van der Waals surface area (Å²) in [4.78, 5) is 8.35. The van der Waals surface area contributed by atoms with E-state index in [4.69, 9.17) is 28.5 Å². The zero-order chi connectivity index (χ0) is 14.8. The van der Waals surface area contributed by atoms with Gasteiger partial charge in [0.05, 0.1) is 16.8 Å². The molecule has 0 aliphatic carbocycles. The van der Waals surface area contributed by atoms with Crippen molar-refractivity contribution in [3.05, 3.63) is 58.3 Å². The van der Waals surface area contributed by atoms with E-state index in [0.717, 1.165) is 10.9 Å². The molecule has 6 heteroatoms. The summed E-state index contributed by atoms with van der Waals surface area (Å²) >= 11 is 11.9. The Morgan fingerprint density at radius 2 is 1.86 bits per heavy atom. The first-order valence-electron chi connectivity index (χ1n) is 6.06. The fraction of sp³-hybridized carbons (Fsp3) is 0. The topological polar surface area (TPSA) is 61.6 Å². The van der Waals surface area contributed by atoms with Gasteiger partial charge in [0.25, 0.3) is 0 Å². The number of para-hydroxylation sites is 1. The highest BCUT2D eigenvalue weighted by Gasteiger charge is 2.09. The Kier molecular flexibility index (Phi) is 3.61. The van der Waals surface area contributed by atoms with Gasteiger partial charge in [-0.15, -0.1) is 0 Å². The highest BCUT2D eigenvalue weighted by Crippen LogP contribution is 2.28. The van der Waals surface area contributed by atoms with Crippen LogP contribution in [0.15, 0.2) is 42.5 Å². The van der Waals surface area contributed by atoms with Crippen LogP contribution in [-0.2, 0) is 0 Å². The minimum Gasteiger partial charge on any atom is -0.338 e. The Labute approximate surface area is 131 Å². The fourth-order valence-corrected chi connectivity index (χ4v) is 2.34. The van der Waals surface area contributed by atoms with E-state index in [1.807, 2.05) is 24.3 Å². The van der Waals surface area contributed by atoms with Gasteiger partial charge in [0, 0.05) is 10.4 Å². The largest absolute Gasteiger partial charge is 0.338 e. The minimum absolute atomic E-state index is 0.136. The second kappa shape index (κ2) is 5.57. The fourth-order valence-electron chi connectivity index (χ4n) is 1.99. The van der Waals surface area contributed by atoms with E-state index in [1.165, 1.54) is 0 Å². The Bertz CT molecular complexity index is 871. The van der Waals surface area contributed by atoms with Gasteiger partial charge in [-0.05, 0) is 41.9 Å². The molecule has 0 fully saturated rings. The molecule has 3 aromatic rings. The maximum absolute atomic E-state index is 9.16. The van der Waals surface area contributed by atoms with E-state index in [1.54, 1.807) is 18.2 Å². The normalized spacial score (nSPS) is 10.3. The first-order chi connectivity index (χ1) is 10.2. The number of nitrogens with zero attached hydrogens (tertiary/aromatic N) is 3. The summed E-state index contributed by atoms with van der Waals surface area (Å²) in [6.07, 6.45) is 0. The lowest BCUT2D eigenvalue weighted by atomic mass is 10.2. The Hall–Kier alpha value is -2.35. The maximum Gasteiger partial charge on any atom is 0.224 e. The van der Waals surface area contributed by atoms with Crippen LogP contribution in [0.4, 0.5) is 11.5 Å². The minimum atomic E-state index is 0.136. The molecule has 1 N–H and O–H groups in total. The number of benzene rings is 2. The molecule has 0 unspecified atom stereocenters. The van der Waals surface area contributed by atoms with Crippen molar-refractivity contribution >= 4 is 45.6 Å². The molecule has 2 aromatic carbocycles. The average Bonchev–Trinajstić information content (AvgIpc) is 2.47. The summed E-state index contributed by atoms with van der Waals surface area (Å²) < 4.78 is 0. The summed E-state index contributed by atoms with van der Waals surface area (Å²) in [7, 11) is 0. The Morgan fingerprint density at radius 3 is 2.67 bits per heavy atom. The predicted molar refractivity (Wildman–Crippen MR) is 84.0 cm³/mol. The van der Waals surface area contributed by atoms with Crippen LogP contribution in [0.1, 0.15) is 5.56 Å². The standard InChI is InChI=1S/C15H8Cl2N4/c16-10-6-5-9(8-18)13(7-10)19-14-11-3-1-2-4-12(11)20-15(17)21-14/h1-7H,(H,19,20,21). The summed E-state index contributed by atoms with van der Waals surface area (Å²) in [6, 6.07) is 14.6. The SMILES string of the molecule is N#Cc1ccc(Cl)cc1Nc1nc(Cl)nc2ccccc12. The van der Waals surface area contributed by atoms with Crippen LogP contribution in [0.2, 0.25) is 10.3 Å². The zero-order valence-corrected chi connectivity index (χ0v) is 12.2. The van der Waals surface area contributed by atoms with Crippen molar-refractivity contribution in [2.45, 2.75) is 0 Å². The summed E-state index contributed by atoms with van der Waals surface area (Å²) in [5.74, 6) is 0.532. The third kappa shape index (κ3) is 2.75. The molecule has 0 radical (unpaired) electrons. The predicted octanol–water partition coefficient (Wildman–Crippen LogP) is 4.55. The van der Waals surface area contributed by atoms with Gasteiger partial charge in [0.2, 0.25) is 5.28 Å². The first-order valence-corrected chi connectivity index (χ1v) is 6.82. The van der Waals surface area contributed by atoms with Crippen LogP contribution in [0.3, 0.4) is 0 Å². The van der Waals surface area contributed by atoms with Crippen LogP contribution < -0.4 is 5.32 Å². The van der Waals surface area contributed by atoms with Crippen molar-refractivity contribution in [1.82, 2.24) is 9.97 Å². The molecule has 102 valence electrons. The number of aromatic nitrogens is 2. The Morgan fingerprint density at radius 1 is 1.05 bits per heavy atom. The van der Waals surface area contributed by atoms with E-state index in [2.05, 4.69) is 21.4 Å². The molecule has 0 bridgehead atoms. The highest BCUT2D eigenvalue weighted by atomic mass is 35.5. The molecule has 0 saturated heterocycles. The number of anilines is 2. The van der Waals surface area contributed by atoms with Gasteiger partial charge < -0.3 is 5.32 Å². The smallest absolute Gasteiger partial charge is 0.224 e. The van der Waals surface area contributed by atoms with E-state index in [0.29, 0.717) is 22.1 Å². The lowest BCUT2D eigenvalue weighted by molar-refractivity contribution is 1.22. The number of rotatable bonds is 2. The van der Waals surface area contributed by atoms with Gasteiger partial charge in [-0.1, -0.05) is 23.7 Å². The molecular formula is C15H8Cl2N4. The van der Waals surface area contributed by atoms with Gasteiger partial charge in [0.15, 0.2) is 0 Å². The molecule has 1 aromatic heterocycles. The van der Waals surface area contributed by atoms with Gasteiger partial charge in [0.1, 0.15) is 11.9 Å². The molecule has 0 spiro atoms. The molecule has 0 aliphatic rings. The van der Waals surface area contributed by atoms with Gasteiger partial charge in [-0.3, -0.25) is 0 Å². The van der Waals surface area contributed by atoms with Crippen molar-refractivity contribution in [2.75, 3.05) is 5.32 Å². The molecular weight excluding hydrogens is 307 g/mol. The lowest BCUT2D eigenvalue weighted by Gasteiger charge is -2.10. The van der Waals surface area contributed by atoms with Crippen molar-refractivity contribution in [3.8, 4) is 6.07 Å². The van der Waals surface area contributed by atoms with Crippen molar-refractivity contribution in [1.29, 1.82) is 5.26 Å². The number of hydrogen-bond donors (Lipinski definition) is 1. The monoisotopic (exact) mass is 314 g/mol. The number of nitriles is 1. The second-order valence-corrected chi connectivity index (χ2v) is 5.06. The first kappa shape index (κ1) is 13.6. The van der Waals surface area contributed by atoms with Gasteiger partial charge in [-0.2, -0.15) is 10.2 Å². The molecule has 21 heavy (non-hydrogen) atoms. The molecule has 0 amide bonds. The second-order valence-electron chi connectivity index (χ2n) is 4.29. The molecule has 0 saturated carbocycles. The number of nitrogens with one attached hydrogen (secondary N) is 1. The zero-order valence-electron chi connectivity index (χ0n) is 10.6. The maximum atomic E-state index is 9.16. The van der Waals surface area contributed by atoms with Gasteiger partial charge >= 0.3 is 0 Å². The van der Waals surface area contributed by atoms with Crippen LogP contribution >= 0.6 is 23.2 Å². The molecule has 1 heterocycles. The van der Waals surface area contributed by atoms with Crippen molar-refractivity contribution in [3.63, 3.8) is 0 Å². The van der Waals surface area contributed by atoms with Gasteiger partial charge in [-0.25, -0.2) is 4.98 Å². The number of hydrogen-bond acceptors (Lipinski definition) is 4. The summed E-state index contributed by atoms with van der Waals surface area (Å²) in [5.41, 5.74) is 1.77. The average molecular weight is 315 g/mol.